The zero-order chi connectivity index (χ0) is 32.1. The minimum Gasteiger partial charge on any atom is -0.465 e. The Morgan fingerprint density at radius 3 is 2.38 bits per heavy atom. The van der Waals surface area contributed by atoms with Crippen LogP contribution in [0.3, 0.4) is 0 Å². The van der Waals surface area contributed by atoms with E-state index in [1.807, 2.05) is 35.0 Å². The summed E-state index contributed by atoms with van der Waals surface area (Å²) in [4.78, 5) is 16.6. The summed E-state index contributed by atoms with van der Waals surface area (Å²) in [7, 11) is -0.563. The number of carbonyl (C=O) groups excluding carboxylic acids is 1. The van der Waals surface area contributed by atoms with Gasteiger partial charge in [-0.2, -0.15) is 13.2 Å². The highest BCUT2D eigenvalue weighted by Gasteiger charge is 2.30. The molecular formula is C33H24Cl2F3N3O3S. The third-order valence-electron chi connectivity index (χ3n) is 6.66. The lowest BCUT2D eigenvalue weighted by Crippen LogP contribution is -2.08. The number of aromatic nitrogens is 2. The molecule has 0 aliphatic carbocycles. The minimum atomic E-state index is -4.53. The van der Waals surface area contributed by atoms with Crippen LogP contribution in [-0.2, 0) is 28.4 Å². The van der Waals surface area contributed by atoms with Crippen LogP contribution in [0.1, 0.15) is 32.9 Å². The summed E-state index contributed by atoms with van der Waals surface area (Å²) in [5.41, 5.74) is 3.12. The quantitative estimate of drug-likeness (QED) is 0.159. The first kappa shape index (κ1) is 32.0. The summed E-state index contributed by atoms with van der Waals surface area (Å²) < 4.78 is 61.3. The molecule has 0 aliphatic heterocycles. The maximum atomic E-state index is 13.0. The number of hydrogen-bond donors (Lipinski definition) is 1. The SMILES string of the molecule is COC(=O)c1ccc(Cn2cc(-c3ccc(Cl)cc3Cl)nc2/C=C/c2ccc(NS(=O)c3cccc(C(F)(F)F)c3)cc2)cc1. The second kappa shape index (κ2) is 13.7. The molecule has 0 saturated heterocycles. The van der Waals surface area contributed by atoms with E-state index < -0.39 is 28.7 Å². The van der Waals surface area contributed by atoms with Crippen LogP contribution >= 0.6 is 23.2 Å². The number of esters is 1. The maximum absolute atomic E-state index is 13.0. The first-order valence-electron chi connectivity index (χ1n) is 13.3. The number of nitrogens with zero attached hydrogens (tertiary/aromatic N) is 2. The number of imidazole rings is 1. The fourth-order valence-electron chi connectivity index (χ4n) is 4.36. The second-order valence-corrected chi connectivity index (χ2v) is 11.8. The van der Waals surface area contributed by atoms with Crippen LogP contribution in [0, 0.1) is 0 Å². The van der Waals surface area contributed by atoms with Gasteiger partial charge in [0.2, 0.25) is 0 Å². The van der Waals surface area contributed by atoms with Crippen molar-refractivity contribution in [3.63, 3.8) is 0 Å². The van der Waals surface area contributed by atoms with E-state index in [1.165, 1.54) is 19.2 Å². The predicted molar refractivity (Wildman–Crippen MR) is 171 cm³/mol. The van der Waals surface area contributed by atoms with Crippen molar-refractivity contribution in [2.24, 2.45) is 0 Å². The minimum absolute atomic E-state index is 0.0113. The van der Waals surface area contributed by atoms with E-state index in [1.54, 1.807) is 54.6 Å². The summed E-state index contributed by atoms with van der Waals surface area (Å²) >= 11 is 12.6. The summed E-state index contributed by atoms with van der Waals surface area (Å²) in [6.07, 6.45) is 1.03. The van der Waals surface area contributed by atoms with Crippen molar-refractivity contribution < 1.29 is 26.9 Å². The smallest absolute Gasteiger partial charge is 0.416 e. The van der Waals surface area contributed by atoms with E-state index in [-0.39, 0.29) is 4.90 Å². The number of benzene rings is 4. The number of anilines is 1. The van der Waals surface area contributed by atoms with Crippen molar-refractivity contribution in [1.82, 2.24) is 9.55 Å². The van der Waals surface area contributed by atoms with Gasteiger partial charge in [0, 0.05) is 29.0 Å². The van der Waals surface area contributed by atoms with E-state index in [0.717, 1.165) is 23.3 Å². The van der Waals surface area contributed by atoms with E-state index >= 15 is 0 Å². The van der Waals surface area contributed by atoms with Crippen LogP contribution in [0.5, 0.6) is 0 Å². The molecule has 1 unspecified atom stereocenters. The van der Waals surface area contributed by atoms with Gasteiger partial charge in [0.15, 0.2) is 0 Å². The maximum Gasteiger partial charge on any atom is 0.416 e. The number of carbonyl (C=O) groups is 1. The molecule has 0 amide bonds. The van der Waals surface area contributed by atoms with E-state index in [9.17, 15) is 22.2 Å². The Bertz CT molecular complexity index is 1890. The van der Waals surface area contributed by atoms with Crippen LogP contribution in [-0.4, -0.2) is 26.8 Å². The summed E-state index contributed by atoms with van der Waals surface area (Å²) in [5.74, 6) is 0.205. The first-order valence-corrected chi connectivity index (χ1v) is 15.2. The fourth-order valence-corrected chi connectivity index (χ4v) is 5.77. The van der Waals surface area contributed by atoms with Gasteiger partial charge >= 0.3 is 12.1 Å². The molecule has 0 radical (unpaired) electrons. The van der Waals surface area contributed by atoms with Crippen LogP contribution < -0.4 is 4.72 Å². The molecule has 4 aromatic carbocycles. The molecule has 5 rings (SSSR count). The number of nitrogens with one attached hydrogen (secondary N) is 1. The van der Waals surface area contributed by atoms with Crippen LogP contribution in [0.2, 0.25) is 10.0 Å². The first-order chi connectivity index (χ1) is 21.5. The highest BCUT2D eigenvalue weighted by Crippen LogP contribution is 2.32. The molecule has 0 bridgehead atoms. The van der Waals surface area contributed by atoms with Gasteiger partial charge in [-0.1, -0.05) is 59.6 Å². The Balaban J connectivity index is 1.37. The van der Waals surface area contributed by atoms with Crippen molar-refractivity contribution in [3.8, 4) is 11.3 Å². The van der Waals surface area contributed by atoms with E-state index in [2.05, 4.69) is 4.72 Å². The van der Waals surface area contributed by atoms with E-state index in [0.29, 0.717) is 44.9 Å². The molecule has 1 aromatic heterocycles. The zero-order valence-corrected chi connectivity index (χ0v) is 25.8. The monoisotopic (exact) mass is 669 g/mol. The van der Waals surface area contributed by atoms with Gasteiger partial charge in [-0.15, -0.1) is 0 Å². The van der Waals surface area contributed by atoms with Gasteiger partial charge < -0.3 is 14.0 Å². The molecule has 1 heterocycles. The van der Waals surface area contributed by atoms with Crippen molar-refractivity contribution in [3.05, 3.63) is 135 Å². The normalized spacial score (nSPS) is 12.3. The van der Waals surface area contributed by atoms with Crippen molar-refractivity contribution in [1.29, 1.82) is 0 Å². The van der Waals surface area contributed by atoms with Gasteiger partial charge in [0.05, 0.1) is 33.8 Å². The fraction of sp³-hybridized carbons (Fsp3) is 0.0909. The molecule has 5 aromatic rings. The van der Waals surface area contributed by atoms with Crippen LogP contribution in [0.25, 0.3) is 23.4 Å². The van der Waals surface area contributed by atoms with Gasteiger partial charge in [-0.05, 0) is 77.9 Å². The molecule has 6 nitrogen and oxygen atoms in total. The molecule has 1 N–H and O–H groups in total. The lowest BCUT2D eigenvalue weighted by atomic mass is 10.1. The van der Waals surface area contributed by atoms with Crippen LogP contribution in [0.15, 0.2) is 102 Å². The molecule has 0 saturated carbocycles. The molecule has 0 fully saturated rings. The summed E-state index contributed by atoms with van der Waals surface area (Å²) in [6, 6.07) is 23.5. The molecule has 45 heavy (non-hydrogen) atoms. The largest absolute Gasteiger partial charge is 0.465 e. The van der Waals surface area contributed by atoms with Crippen molar-refractivity contribution >= 4 is 58.0 Å². The molecule has 230 valence electrons. The van der Waals surface area contributed by atoms with E-state index in [4.69, 9.17) is 32.9 Å². The third-order valence-corrected chi connectivity index (χ3v) is 8.31. The number of alkyl halides is 3. The average molecular weight is 671 g/mol. The van der Waals surface area contributed by atoms with Crippen molar-refractivity contribution in [2.45, 2.75) is 17.6 Å². The zero-order valence-electron chi connectivity index (χ0n) is 23.5. The van der Waals surface area contributed by atoms with Gasteiger partial charge in [0.1, 0.15) is 16.8 Å². The Kier molecular flexibility index (Phi) is 9.77. The predicted octanol–water partition coefficient (Wildman–Crippen LogP) is 9.02. The lowest BCUT2D eigenvalue weighted by molar-refractivity contribution is -0.137. The highest BCUT2D eigenvalue weighted by atomic mass is 35.5. The third kappa shape index (κ3) is 8.02. The summed E-state index contributed by atoms with van der Waals surface area (Å²) in [5, 5.41) is 0.960. The number of methoxy groups -OCH3 is 1. The number of rotatable bonds is 9. The molecule has 12 heteroatoms. The Labute approximate surface area is 269 Å². The standard InChI is InChI=1S/C33H24Cl2F3N3O3S/c1-44-32(42)23-10-5-22(6-11-23)19-41-20-30(28-15-12-25(34)18-29(28)35)39-31(41)16-9-21-7-13-26(14-8-21)40-45(43)27-4-2-3-24(17-27)33(36,37)38/h2-18,20,40H,19H2,1H3/b16-9+. The summed E-state index contributed by atoms with van der Waals surface area (Å²) in [6.45, 7) is 0.448. The average Bonchev–Trinajstić information content (AvgIpc) is 3.42. The molecule has 0 aliphatic rings. The number of ether oxygens (including phenoxy) is 1. The second-order valence-electron chi connectivity index (χ2n) is 9.78. The topological polar surface area (TPSA) is 73.2 Å². The van der Waals surface area contributed by atoms with Gasteiger partial charge in [0.25, 0.3) is 0 Å². The molecule has 1 atom stereocenters. The van der Waals surface area contributed by atoms with Gasteiger partial charge in [-0.25, -0.2) is 14.0 Å². The Morgan fingerprint density at radius 1 is 0.978 bits per heavy atom. The molecular weight excluding hydrogens is 646 g/mol. The highest BCUT2D eigenvalue weighted by molar-refractivity contribution is 7.86. The van der Waals surface area contributed by atoms with Crippen LogP contribution in [0.4, 0.5) is 18.9 Å². The lowest BCUT2D eigenvalue weighted by Gasteiger charge is -2.10. The Morgan fingerprint density at radius 2 is 1.71 bits per heavy atom. The Hall–Kier alpha value is -4.38. The molecule has 0 spiro atoms. The number of hydrogen-bond acceptors (Lipinski definition) is 4. The number of halogens is 5. The van der Waals surface area contributed by atoms with Gasteiger partial charge in [-0.3, -0.25) is 0 Å². The van der Waals surface area contributed by atoms with Crippen molar-refractivity contribution in [2.75, 3.05) is 11.8 Å².